The van der Waals surface area contributed by atoms with E-state index in [9.17, 15) is 0 Å². The van der Waals surface area contributed by atoms with Crippen molar-refractivity contribution in [3.8, 4) is 83.6 Å². The fraction of sp³-hybridized carbons (Fsp3) is 0.0357. The number of anilines is 3. The lowest BCUT2D eigenvalue weighted by atomic mass is 9.77. The van der Waals surface area contributed by atoms with Crippen LogP contribution in [0.2, 0.25) is 0 Å². The van der Waals surface area contributed by atoms with Gasteiger partial charge in [0, 0.05) is 45.4 Å². The Balaban J connectivity index is 0.649. The summed E-state index contributed by atoms with van der Waals surface area (Å²) in [4.78, 5) is 2.45. The van der Waals surface area contributed by atoms with Crippen LogP contribution in [0.1, 0.15) is 41.4 Å². The lowest BCUT2D eigenvalue weighted by molar-refractivity contribution is 0.769. The first-order valence-corrected chi connectivity index (χ1v) is 39.9. The molecule has 0 spiro atoms. The predicted molar refractivity (Wildman–Crippen MR) is 484 cm³/mol. The molecule has 2 nitrogen and oxygen atoms in total. The minimum Gasteiger partial charge on any atom is -0.310 e. The van der Waals surface area contributed by atoms with E-state index in [1.807, 2.05) is 0 Å². The van der Waals surface area contributed by atoms with Crippen LogP contribution in [-0.2, 0) is 0 Å². The zero-order valence-electron chi connectivity index (χ0n) is 63.0. The Morgan fingerprint density at radius 2 is 0.658 bits per heavy atom. The normalized spacial score (nSPS) is 14.2. The number of fused-ring (bicyclic) bond motifs is 7. The maximum Gasteiger partial charge on any atom is 0.0541 e. The number of aromatic nitrogens is 1. The van der Waals surface area contributed by atoms with Crippen LogP contribution in [-0.4, -0.2) is 4.57 Å². The first kappa shape index (κ1) is 67.7. The second kappa shape index (κ2) is 29.1. The molecule has 0 bridgehead atoms. The quantitative estimate of drug-likeness (QED) is 0.0993. The van der Waals surface area contributed by atoms with Crippen LogP contribution in [0.15, 0.2) is 448 Å². The van der Waals surface area contributed by atoms with Gasteiger partial charge in [-0.2, -0.15) is 0 Å². The van der Waals surface area contributed by atoms with E-state index in [1.165, 1.54) is 143 Å². The summed E-state index contributed by atoms with van der Waals surface area (Å²) < 4.78 is 2.45. The maximum atomic E-state index is 2.47. The zero-order chi connectivity index (χ0) is 75.4. The van der Waals surface area contributed by atoms with E-state index >= 15 is 0 Å². The monoisotopic (exact) mass is 1450 g/mol. The second-order valence-electron chi connectivity index (χ2n) is 30.6. The van der Waals surface area contributed by atoms with E-state index in [2.05, 4.69) is 446 Å². The summed E-state index contributed by atoms with van der Waals surface area (Å²) in [6.07, 6.45) is 13.9. The first-order valence-electron chi connectivity index (χ1n) is 39.9. The van der Waals surface area contributed by atoms with Crippen molar-refractivity contribution >= 4 is 87.5 Å². The number of allylic oxidation sites excluding steroid dienone is 8. The Kier molecular flexibility index (Phi) is 17.3. The van der Waals surface area contributed by atoms with Crippen LogP contribution in [0.3, 0.4) is 0 Å². The number of nitrogens with zero attached hydrogens (tertiary/aromatic N) is 2. The summed E-state index contributed by atoms with van der Waals surface area (Å²) in [5, 5.41) is 12.3. The molecule has 2 aliphatic rings. The van der Waals surface area contributed by atoms with E-state index in [1.54, 1.807) is 0 Å². The molecule has 2 aliphatic carbocycles. The Bertz CT molecular complexity index is 6620. The lowest BCUT2D eigenvalue weighted by Crippen LogP contribution is -2.10. The van der Waals surface area contributed by atoms with Gasteiger partial charge in [0.2, 0.25) is 0 Å². The molecule has 0 saturated carbocycles. The SMILES string of the molecule is C1=CC(c2ccc3c(c2)c2ccccc2n3-c2ccc(-c3ccc(N(c4cccc(-c5cc(-c6cccc7ccccc67)cc(-c6cccc7ccccc67)c5)c4)c4cccc(-c5cc(-c6cccc7ccccc67)cc(-c6cccc7ccccc67)c5)c4)cc3)cc2)CC(C2=CC(c3ccccc3)=CC(c3ccccc3)C2)=C1. The fourth-order valence-corrected chi connectivity index (χ4v) is 18.2. The minimum atomic E-state index is 0.242. The van der Waals surface area contributed by atoms with Gasteiger partial charge in [-0.1, -0.05) is 334 Å². The molecule has 1 heterocycles. The molecule has 114 heavy (non-hydrogen) atoms. The molecular formula is C112H78N2. The Hall–Kier alpha value is -14.4. The summed E-state index contributed by atoms with van der Waals surface area (Å²) in [6, 6.07) is 151. The van der Waals surface area contributed by atoms with Crippen LogP contribution in [0.25, 0.3) is 154 Å². The summed E-state index contributed by atoms with van der Waals surface area (Å²) in [6.45, 7) is 0. The third-order valence-electron chi connectivity index (χ3n) is 23.8. The van der Waals surface area contributed by atoms with Gasteiger partial charge in [-0.15, -0.1) is 0 Å². The predicted octanol–water partition coefficient (Wildman–Crippen LogP) is 30.7. The Labute approximate surface area is 665 Å². The molecule has 0 radical (unpaired) electrons. The average molecular weight is 1450 g/mol. The van der Waals surface area contributed by atoms with Crippen molar-refractivity contribution < 1.29 is 0 Å². The van der Waals surface area contributed by atoms with Crippen molar-refractivity contribution in [2.45, 2.75) is 24.7 Å². The van der Waals surface area contributed by atoms with Crippen LogP contribution in [0.5, 0.6) is 0 Å². The lowest BCUT2D eigenvalue weighted by Gasteiger charge is -2.27. The summed E-state index contributed by atoms with van der Waals surface area (Å²) in [5.74, 6) is 0.546. The van der Waals surface area contributed by atoms with Crippen molar-refractivity contribution in [1.29, 1.82) is 0 Å². The highest BCUT2D eigenvalue weighted by Crippen LogP contribution is 2.47. The standard InChI is InChI=1S/C112H78N2/c1-3-24-75(25-4-1)88-63-89(76-26-5-2-6-27-76)65-90(64-88)84-37-17-36-83(62-84)87-56-61-112-110(74-87)109-46-15-16-51-111(109)114(112)98-59-54-78(55-60-98)77-52-57-97(58-53-77)113(99-40-18-38-85(72-99)91-66-93(105-47-20-32-79-28-7-11-42-101(79)105)70-94(67-91)106-48-21-33-80-29-8-12-43-102(80)106)100-41-19-39-86(73-100)92-68-95(107-49-22-34-81-30-9-13-44-103(81)107)71-96(69-92)108-50-23-35-82-31-10-14-45-104(82)108/h1-61,63-64,66-74,83,89H,62,65H2. The third-order valence-corrected chi connectivity index (χ3v) is 23.8. The molecule has 536 valence electrons. The second-order valence-corrected chi connectivity index (χ2v) is 30.6. The molecule has 2 heteroatoms. The van der Waals surface area contributed by atoms with Crippen LogP contribution >= 0.6 is 0 Å². The Morgan fingerprint density at radius 1 is 0.246 bits per heavy atom. The molecule has 0 aliphatic heterocycles. The molecule has 21 rings (SSSR count). The van der Waals surface area contributed by atoms with Gasteiger partial charge in [-0.05, 0) is 270 Å². The molecule has 19 aromatic rings. The summed E-state index contributed by atoms with van der Waals surface area (Å²) >= 11 is 0. The number of hydrogen-bond donors (Lipinski definition) is 0. The first-order chi connectivity index (χ1) is 56.5. The molecule has 1 aromatic heterocycles. The van der Waals surface area contributed by atoms with Gasteiger partial charge in [-0.3, -0.25) is 0 Å². The van der Waals surface area contributed by atoms with Gasteiger partial charge in [0.05, 0.1) is 11.0 Å². The van der Waals surface area contributed by atoms with Crippen molar-refractivity contribution in [3.63, 3.8) is 0 Å². The number of rotatable bonds is 15. The third kappa shape index (κ3) is 12.7. The van der Waals surface area contributed by atoms with Crippen LogP contribution in [0, 0.1) is 0 Å². The average Bonchev–Trinajstić information content (AvgIpc) is 1.58. The van der Waals surface area contributed by atoms with Crippen molar-refractivity contribution in [1.82, 2.24) is 4.57 Å². The van der Waals surface area contributed by atoms with Crippen molar-refractivity contribution in [3.05, 3.63) is 465 Å². The van der Waals surface area contributed by atoms with E-state index < -0.39 is 0 Å². The van der Waals surface area contributed by atoms with E-state index in [0.29, 0.717) is 5.92 Å². The zero-order valence-corrected chi connectivity index (χ0v) is 63.0. The molecule has 0 saturated heterocycles. The van der Waals surface area contributed by atoms with Gasteiger partial charge in [0.1, 0.15) is 0 Å². The largest absolute Gasteiger partial charge is 0.310 e. The van der Waals surface area contributed by atoms with Gasteiger partial charge >= 0.3 is 0 Å². The summed E-state index contributed by atoms with van der Waals surface area (Å²) in [5.41, 5.74) is 31.1. The Morgan fingerprint density at radius 3 is 1.18 bits per heavy atom. The van der Waals surface area contributed by atoms with Crippen LogP contribution in [0.4, 0.5) is 17.1 Å². The highest BCUT2D eigenvalue weighted by Gasteiger charge is 2.26. The molecule has 18 aromatic carbocycles. The molecule has 2 atom stereocenters. The molecule has 0 amide bonds. The van der Waals surface area contributed by atoms with Crippen molar-refractivity contribution in [2.24, 2.45) is 0 Å². The highest BCUT2D eigenvalue weighted by atomic mass is 15.1. The van der Waals surface area contributed by atoms with E-state index in [-0.39, 0.29) is 5.92 Å². The van der Waals surface area contributed by atoms with Gasteiger partial charge in [0.15, 0.2) is 0 Å². The number of hydrogen-bond acceptors (Lipinski definition) is 1. The van der Waals surface area contributed by atoms with Gasteiger partial charge in [-0.25, -0.2) is 0 Å². The van der Waals surface area contributed by atoms with Gasteiger partial charge in [0.25, 0.3) is 0 Å². The number of para-hydroxylation sites is 1. The van der Waals surface area contributed by atoms with E-state index in [4.69, 9.17) is 0 Å². The smallest absolute Gasteiger partial charge is 0.0541 e. The number of benzene rings is 18. The summed E-state index contributed by atoms with van der Waals surface area (Å²) in [7, 11) is 0. The fourth-order valence-electron chi connectivity index (χ4n) is 18.2. The van der Waals surface area contributed by atoms with Crippen LogP contribution < -0.4 is 4.90 Å². The van der Waals surface area contributed by atoms with E-state index in [0.717, 1.165) is 69.0 Å². The maximum absolute atomic E-state index is 2.47. The molecule has 0 fully saturated rings. The topological polar surface area (TPSA) is 8.17 Å². The molecular weight excluding hydrogens is 1370 g/mol. The minimum absolute atomic E-state index is 0.242. The van der Waals surface area contributed by atoms with Gasteiger partial charge < -0.3 is 9.47 Å². The molecule has 2 unspecified atom stereocenters. The van der Waals surface area contributed by atoms with Crippen molar-refractivity contribution in [2.75, 3.05) is 4.90 Å². The molecule has 0 N–H and O–H groups in total. The highest BCUT2D eigenvalue weighted by molar-refractivity contribution is 6.10.